The van der Waals surface area contributed by atoms with Crippen molar-refractivity contribution in [3.8, 4) is 11.3 Å². The van der Waals surface area contributed by atoms with E-state index in [0.29, 0.717) is 41.4 Å². The highest BCUT2D eigenvalue weighted by Gasteiger charge is 2.71. The average molecular weight is 411 g/mol. The second kappa shape index (κ2) is 6.30. The van der Waals surface area contributed by atoms with Gasteiger partial charge in [-0.1, -0.05) is 26.0 Å². The highest BCUT2D eigenvalue weighted by molar-refractivity contribution is 6.00. The van der Waals surface area contributed by atoms with Gasteiger partial charge in [-0.3, -0.25) is 9.48 Å². The summed E-state index contributed by atoms with van der Waals surface area (Å²) in [6.07, 6.45) is 3.12. The number of carbonyl (C=O) groups excluding carboxylic acids is 2. The zero-order valence-corrected chi connectivity index (χ0v) is 17.2. The molecule has 8 heteroatoms. The molecule has 1 aromatic heterocycles. The largest absolute Gasteiger partial charge is 0.365 e. The minimum atomic E-state index is -0.629. The van der Waals surface area contributed by atoms with Crippen molar-refractivity contribution in [2.24, 2.45) is 17.1 Å². The topological polar surface area (TPSA) is 93.2 Å². The fraction of sp³-hybridized carbons (Fsp3) is 0.500. The molecule has 158 valence electrons. The number of nitrogens with zero attached hydrogens (tertiary/aromatic N) is 3. The number of primary amides is 1. The number of aromatic nitrogens is 2. The predicted octanol–water partition coefficient (Wildman–Crippen LogP) is 2.89. The lowest BCUT2D eigenvalue weighted by molar-refractivity contribution is 0.0918. The van der Waals surface area contributed by atoms with Crippen molar-refractivity contribution in [2.75, 3.05) is 6.54 Å². The Bertz CT molecular complexity index is 1070. The van der Waals surface area contributed by atoms with Crippen LogP contribution in [0.1, 0.15) is 49.2 Å². The van der Waals surface area contributed by atoms with Gasteiger partial charge in [-0.2, -0.15) is 5.10 Å². The molecule has 2 heterocycles. The molecule has 0 saturated heterocycles. The lowest BCUT2D eigenvalue weighted by Crippen LogP contribution is -2.61. The van der Waals surface area contributed by atoms with Gasteiger partial charge in [0.25, 0.3) is 5.91 Å². The van der Waals surface area contributed by atoms with Crippen molar-refractivity contribution in [1.29, 1.82) is 0 Å². The molecule has 1 aromatic carbocycles. The Balaban J connectivity index is 1.41. The van der Waals surface area contributed by atoms with Crippen molar-refractivity contribution in [3.05, 3.63) is 41.3 Å². The van der Waals surface area contributed by atoms with Crippen LogP contribution >= 0.6 is 0 Å². The Hall–Kier alpha value is -2.90. The first-order valence-corrected chi connectivity index (χ1v) is 10.5. The molecule has 3 amide bonds. The van der Waals surface area contributed by atoms with Gasteiger partial charge in [0.15, 0.2) is 0 Å². The third-order valence-corrected chi connectivity index (χ3v) is 7.34. The van der Waals surface area contributed by atoms with Crippen molar-refractivity contribution >= 4 is 11.9 Å². The number of hydrogen-bond acceptors (Lipinski definition) is 3. The molecule has 2 saturated carbocycles. The molecule has 7 nitrogen and oxygen atoms in total. The monoisotopic (exact) mass is 411 g/mol. The molecular weight excluding hydrogens is 385 g/mol. The van der Waals surface area contributed by atoms with E-state index in [9.17, 15) is 14.0 Å². The van der Waals surface area contributed by atoms with E-state index in [1.165, 1.54) is 18.6 Å². The van der Waals surface area contributed by atoms with E-state index in [0.717, 1.165) is 12.8 Å². The summed E-state index contributed by atoms with van der Waals surface area (Å²) >= 11 is 0. The highest BCUT2D eigenvalue weighted by atomic mass is 19.1. The van der Waals surface area contributed by atoms with Crippen LogP contribution in [0.25, 0.3) is 11.3 Å². The second-order valence-corrected chi connectivity index (χ2v) is 9.22. The van der Waals surface area contributed by atoms with Gasteiger partial charge < -0.3 is 16.0 Å². The van der Waals surface area contributed by atoms with Crippen molar-refractivity contribution in [2.45, 2.75) is 51.7 Å². The Morgan fingerprint density at radius 1 is 1.37 bits per heavy atom. The van der Waals surface area contributed by atoms with Crippen LogP contribution in [0.2, 0.25) is 0 Å². The molecule has 1 aliphatic heterocycles. The summed E-state index contributed by atoms with van der Waals surface area (Å²) in [6, 6.07) is 5.83. The van der Waals surface area contributed by atoms with Crippen molar-refractivity contribution < 1.29 is 14.0 Å². The molecule has 30 heavy (non-hydrogen) atoms. The number of carbonyl (C=O) groups is 2. The minimum Gasteiger partial charge on any atom is -0.365 e. The van der Waals surface area contributed by atoms with Crippen LogP contribution in [-0.2, 0) is 13.1 Å². The summed E-state index contributed by atoms with van der Waals surface area (Å²) in [7, 11) is 0. The molecule has 2 fully saturated rings. The number of halogens is 1. The predicted molar refractivity (Wildman–Crippen MR) is 109 cm³/mol. The third-order valence-electron chi connectivity index (χ3n) is 7.34. The maximum atomic E-state index is 13.7. The maximum absolute atomic E-state index is 13.7. The first-order valence-electron chi connectivity index (χ1n) is 10.5. The molecule has 5 rings (SSSR count). The highest BCUT2D eigenvalue weighted by Crippen LogP contribution is 2.73. The van der Waals surface area contributed by atoms with E-state index < -0.39 is 11.7 Å². The third kappa shape index (κ3) is 2.73. The van der Waals surface area contributed by atoms with Crippen LogP contribution in [-0.4, -0.2) is 38.7 Å². The summed E-state index contributed by atoms with van der Waals surface area (Å²) < 4.78 is 15.4. The minimum absolute atomic E-state index is 0.108. The summed E-state index contributed by atoms with van der Waals surface area (Å²) in [6.45, 7) is 5.60. The smallest absolute Gasteiger partial charge is 0.318 e. The summed E-state index contributed by atoms with van der Waals surface area (Å²) in [5.74, 6) is -0.474. The van der Waals surface area contributed by atoms with Gasteiger partial charge in [-0.25, -0.2) is 9.18 Å². The van der Waals surface area contributed by atoms with Gasteiger partial charge in [0.05, 0.1) is 24.3 Å². The Labute approximate surface area is 174 Å². The van der Waals surface area contributed by atoms with E-state index >= 15 is 0 Å². The first-order chi connectivity index (χ1) is 14.3. The van der Waals surface area contributed by atoms with Crippen LogP contribution in [0, 0.1) is 17.2 Å². The fourth-order valence-electron chi connectivity index (χ4n) is 5.65. The molecule has 2 aromatic rings. The molecule has 0 radical (unpaired) electrons. The van der Waals surface area contributed by atoms with Crippen molar-refractivity contribution in [1.82, 2.24) is 20.0 Å². The van der Waals surface area contributed by atoms with Gasteiger partial charge in [-0.05, 0) is 42.7 Å². The number of hydrogen-bond donors (Lipinski definition) is 2. The Morgan fingerprint density at radius 2 is 2.17 bits per heavy atom. The molecule has 3 aliphatic rings. The lowest BCUT2D eigenvalue weighted by atomic mass is 9.68. The number of nitrogens with one attached hydrogen (secondary N) is 1. The second-order valence-electron chi connectivity index (χ2n) is 9.22. The molecule has 0 spiro atoms. The number of benzene rings is 1. The quantitative estimate of drug-likeness (QED) is 0.810. The van der Waals surface area contributed by atoms with E-state index in [4.69, 9.17) is 5.73 Å². The Morgan fingerprint density at radius 3 is 2.77 bits per heavy atom. The number of rotatable bonds is 4. The van der Waals surface area contributed by atoms with Crippen LogP contribution < -0.4 is 11.1 Å². The maximum Gasteiger partial charge on any atom is 0.318 e. The average Bonchev–Trinajstić information content (AvgIpc) is 3.11. The van der Waals surface area contributed by atoms with Crippen LogP contribution in [0.4, 0.5) is 9.18 Å². The first kappa shape index (κ1) is 19.1. The normalized spacial score (nSPS) is 28.9. The van der Waals surface area contributed by atoms with Crippen molar-refractivity contribution in [3.63, 3.8) is 0 Å². The standard InChI is InChI=1S/C22H26FN5O2/c1-3-22(12-21(2)10-16(21)22)25-20(30)27-7-8-28-15(11-27)17(19(24)29)18(26-28)13-5-4-6-14(23)9-13/h4-6,9,16H,3,7-8,10-12H2,1-2H3,(H2,24,29)(H,25,30). The van der Waals surface area contributed by atoms with Gasteiger partial charge in [0, 0.05) is 17.6 Å². The molecule has 3 atom stereocenters. The van der Waals surface area contributed by atoms with Crippen LogP contribution in [0.15, 0.2) is 24.3 Å². The van der Waals surface area contributed by atoms with Gasteiger partial charge in [0.2, 0.25) is 0 Å². The number of amides is 3. The molecule has 3 unspecified atom stereocenters. The number of nitrogens with two attached hydrogens (primary N) is 1. The number of fused-ring (bicyclic) bond motifs is 2. The van der Waals surface area contributed by atoms with Crippen LogP contribution in [0.3, 0.4) is 0 Å². The van der Waals surface area contributed by atoms with E-state index in [-0.39, 0.29) is 23.7 Å². The molecule has 0 bridgehead atoms. The summed E-state index contributed by atoms with van der Waals surface area (Å²) in [5.41, 5.74) is 7.66. The van der Waals surface area contributed by atoms with E-state index in [1.807, 2.05) is 0 Å². The zero-order valence-electron chi connectivity index (χ0n) is 17.2. The summed E-state index contributed by atoms with van der Waals surface area (Å²) in [4.78, 5) is 27.0. The van der Waals surface area contributed by atoms with Gasteiger partial charge >= 0.3 is 6.03 Å². The van der Waals surface area contributed by atoms with E-state index in [1.54, 1.807) is 21.7 Å². The summed E-state index contributed by atoms with van der Waals surface area (Å²) in [5, 5.41) is 7.80. The number of urea groups is 1. The lowest BCUT2D eigenvalue weighted by Gasteiger charge is -2.47. The molecular formula is C22H26FN5O2. The van der Waals surface area contributed by atoms with Crippen LogP contribution in [0.5, 0.6) is 0 Å². The SMILES string of the molecule is CCC1(NC(=O)N2CCn3nc(-c4cccc(F)c4)c(C(N)=O)c3C2)CC2(C)CC21. The molecule has 3 N–H and O–H groups in total. The van der Waals surface area contributed by atoms with Gasteiger partial charge in [0.1, 0.15) is 11.5 Å². The Kier molecular flexibility index (Phi) is 4.01. The van der Waals surface area contributed by atoms with Gasteiger partial charge in [-0.15, -0.1) is 0 Å². The van der Waals surface area contributed by atoms with E-state index in [2.05, 4.69) is 24.3 Å². The zero-order chi connectivity index (χ0) is 21.3. The fourth-order valence-corrected chi connectivity index (χ4v) is 5.65. The molecule has 2 aliphatic carbocycles.